The van der Waals surface area contributed by atoms with Gasteiger partial charge in [-0.15, -0.1) is 0 Å². The highest BCUT2D eigenvalue weighted by molar-refractivity contribution is 5.92. The van der Waals surface area contributed by atoms with Crippen LogP contribution in [0.2, 0.25) is 0 Å². The van der Waals surface area contributed by atoms with Crippen molar-refractivity contribution in [3.63, 3.8) is 0 Å². The van der Waals surface area contributed by atoms with Crippen molar-refractivity contribution in [3.8, 4) is 5.75 Å². The standard InChI is InChI=1S/C24H28N2O3/c27-23-16-19-12-14-26(24(28)11-10-18-6-2-1-3-7-18)17-20(19)13-15-29-22-9-5-4-8-21(22)25-23/h1-9,19-20H,10-17H2,(H,25,27)/t19-,20-/m0/s1. The molecule has 5 nitrogen and oxygen atoms in total. The average Bonchev–Trinajstić information content (AvgIpc) is 2.75. The average molecular weight is 392 g/mol. The number of carbonyl (C=O) groups excluding carboxylic acids is 2. The lowest BCUT2D eigenvalue weighted by Gasteiger charge is -2.39. The highest BCUT2D eigenvalue weighted by Gasteiger charge is 2.33. The topological polar surface area (TPSA) is 58.6 Å². The highest BCUT2D eigenvalue weighted by atomic mass is 16.5. The molecule has 0 aromatic heterocycles. The molecule has 2 atom stereocenters. The summed E-state index contributed by atoms with van der Waals surface area (Å²) >= 11 is 0. The van der Waals surface area contributed by atoms with Crippen LogP contribution in [-0.4, -0.2) is 36.4 Å². The molecule has 1 saturated heterocycles. The quantitative estimate of drug-likeness (QED) is 0.862. The van der Waals surface area contributed by atoms with Crippen molar-refractivity contribution in [2.75, 3.05) is 25.0 Å². The van der Waals surface area contributed by atoms with Crippen LogP contribution in [0, 0.1) is 11.8 Å². The molecule has 0 spiro atoms. The van der Waals surface area contributed by atoms with E-state index in [0.29, 0.717) is 37.0 Å². The second-order valence-corrected chi connectivity index (χ2v) is 8.02. The summed E-state index contributed by atoms with van der Waals surface area (Å²) in [6.07, 6.45) is 3.54. The lowest BCUT2D eigenvalue weighted by atomic mass is 9.81. The van der Waals surface area contributed by atoms with Crippen LogP contribution in [0.3, 0.4) is 0 Å². The Morgan fingerprint density at radius 2 is 1.83 bits per heavy atom. The molecule has 0 bridgehead atoms. The maximum atomic E-state index is 12.8. The van der Waals surface area contributed by atoms with Crippen molar-refractivity contribution in [2.24, 2.45) is 11.8 Å². The number of benzene rings is 2. The molecule has 0 radical (unpaired) electrons. The number of aryl methyl sites for hydroxylation is 1. The second-order valence-electron chi connectivity index (χ2n) is 8.02. The van der Waals surface area contributed by atoms with Gasteiger partial charge in [-0.05, 0) is 48.8 Å². The Labute approximate surface area is 172 Å². The molecule has 4 rings (SSSR count). The number of fused-ring (bicyclic) bond motifs is 2. The Bertz CT molecular complexity index is 852. The first-order valence-electron chi connectivity index (χ1n) is 10.5. The maximum Gasteiger partial charge on any atom is 0.224 e. The second kappa shape index (κ2) is 9.12. The monoisotopic (exact) mass is 392 g/mol. The van der Waals surface area contributed by atoms with Gasteiger partial charge in [0.15, 0.2) is 0 Å². The number of amides is 2. The molecule has 5 heteroatoms. The lowest BCUT2D eigenvalue weighted by Crippen LogP contribution is -2.45. The lowest BCUT2D eigenvalue weighted by molar-refractivity contribution is -0.134. The van der Waals surface area contributed by atoms with E-state index in [0.717, 1.165) is 38.0 Å². The Morgan fingerprint density at radius 1 is 1.03 bits per heavy atom. The van der Waals surface area contributed by atoms with Gasteiger partial charge in [0.05, 0.1) is 12.3 Å². The van der Waals surface area contributed by atoms with Gasteiger partial charge in [0.1, 0.15) is 5.75 Å². The zero-order valence-corrected chi connectivity index (χ0v) is 16.7. The number of rotatable bonds is 3. The predicted molar refractivity (Wildman–Crippen MR) is 113 cm³/mol. The molecule has 2 amide bonds. The van der Waals surface area contributed by atoms with Crippen molar-refractivity contribution in [1.29, 1.82) is 0 Å². The fourth-order valence-corrected chi connectivity index (χ4v) is 4.41. The molecular formula is C24H28N2O3. The number of ether oxygens (including phenoxy) is 1. The van der Waals surface area contributed by atoms with Crippen LogP contribution in [0.15, 0.2) is 54.6 Å². The predicted octanol–water partition coefficient (Wildman–Crippen LogP) is 3.90. The summed E-state index contributed by atoms with van der Waals surface area (Å²) in [6.45, 7) is 2.05. The first kappa shape index (κ1) is 19.5. The van der Waals surface area contributed by atoms with Crippen LogP contribution in [-0.2, 0) is 16.0 Å². The van der Waals surface area contributed by atoms with E-state index in [4.69, 9.17) is 4.74 Å². The van der Waals surface area contributed by atoms with Crippen LogP contribution in [0.4, 0.5) is 5.69 Å². The molecule has 0 unspecified atom stereocenters. The van der Waals surface area contributed by atoms with Crippen LogP contribution in [0.25, 0.3) is 0 Å². The minimum absolute atomic E-state index is 0.0294. The molecule has 2 aliphatic heterocycles. The number of para-hydroxylation sites is 2. The molecular weight excluding hydrogens is 364 g/mol. The number of carbonyl (C=O) groups is 2. The van der Waals surface area contributed by atoms with Gasteiger partial charge in [-0.3, -0.25) is 9.59 Å². The van der Waals surface area contributed by atoms with E-state index in [-0.39, 0.29) is 11.8 Å². The van der Waals surface area contributed by atoms with Gasteiger partial charge < -0.3 is 15.0 Å². The minimum atomic E-state index is 0.0294. The Morgan fingerprint density at radius 3 is 2.69 bits per heavy atom. The number of nitrogens with one attached hydrogen (secondary N) is 1. The van der Waals surface area contributed by atoms with E-state index in [1.807, 2.05) is 47.4 Å². The molecule has 2 aromatic rings. The van der Waals surface area contributed by atoms with Crippen LogP contribution in [0.5, 0.6) is 5.75 Å². The summed E-state index contributed by atoms with van der Waals surface area (Å²) in [6, 6.07) is 17.7. The van der Waals surface area contributed by atoms with Crippen molar-refractivity contribution in [3.05, 3.63) is 60.2 Å². The van der Waals surface area contributed by atoms with E-state index in [1.54, 1.807) is 0 Å². The minimum Gasteiger partial charge on any atom is -0.491 e. The van der Waals surface area contributed by atoms with Crippen molar-refractivity contribution in [2.45, 2.75) is 32.1 Å². The Kier molecular flexibility index (Phi) is 6.13. The molecule has 29 heavy (non-hydrogen) atoms. The number of piperidine rings is 1. The fraction of sp³-hybridized carbons (Fsp3) is 0.417. The van der Waals surface area contributed by atoms with Gasteiger partial charge >= 0.3 is 0 Å². The summed E-state index contributed by atoms with van der Waals surface area (Å²) in [4.78, 5) is 27.3. The van der Waals surface area contributed by atoms with E-state index in [1.165, 1.54) is 5.56 Å². The number of likely N-dealkylation sites (tertiary alicyclic amines) is 1. The van der Waals surface area contributed by atoms with E-state index >= 15 is 0 Å². The molecule has 1 fully saturated rings. The van der Waals surface area contributed by atoms with Crippen molar-refractivity contribution in [1.82, 2.24) is 4.90 Å². The zero-order valence-electron chi connectivity index (χ0n) is 16.7. The molecule has 0 saturated carbocycles. The molecule has 152 valence electrons. The molecule has 2 aliphatic rings. The number of hydrogen-bond donors (Lipinski definition) is 1. The van der Waals surface area contributed by atoms with Gasteiger partial charge in [0.2, 0.25) is 11.8 Å². The largest absolute Gasteiger partial charge is 0.491 e. The fourth-order valence-electron chi connectivity index (χ4n) is 4.41. The summed E-state index contributed by atoms with van der Waals surface area (Å²) in [5.41, 5.74) is 1.93. The zero-order chi connectivity index (χ0) is 20.1. The smallest absolute Gasteiger partial charge is 0.224 e. The van der Waals surface area contributed by atoms with Crippen molar-refractivity contribution >= 4 is 17.5 Å². The number of hydrogen-bond acceptors (Lipinski definition) is 3. The summed E-state index contributed by atoms with van der Waals surface area (Å²) < 4.78 is 5.94. The number of anilines is 1. The van der Waals surface area contributed by atoms with Gasteiger partial charge in [0, 0.05) is 25.9 Å². The maximum absolute atomic E-state index is 12.8. The van der Waals surface area contributed by atoms with Gasteiger partial charge in [-0.25, -0.2) is 0 Å². The van der Waals surface area contributed by atoms with Gasteiger partial charge in [-0.1, -0.05) is 42.5 Å². The van der Waals surface area contributed by atoms with Crippen LogP contribution in [0.1, 0.15) is 31.2 Å². The van der Waals surface area contributed by atoms with Crippen LogP contribution < -0.4 is 10.1 Å². The molecule has 1 N–H and O–H groups in total. The Balaban J connectivity index is 1.38. The Hall–Kier alpha value is -2.82. The third-order valence-corrected chi connectivity index (χ3v) is 6.07. The SMILES string of the molecule is O=C1C[C@@H]2CCN(C(=O)CCc3ccccc3)C[C@@H]2CCOc2ccccc2N1. The summed E-state index contributed by atoms with van der Waals surface area (Å²) in [5.74, 6) is 1.54. The molecule has 0 aliphatic carbocycles. The van der Waals surface area contributed by atoms with Crippen molar-refractivity contribution < 1.29 is 14.3 Å². The third-order valence-electron chi connectivity index (χ3n) is 6.07. The molecule has 2 heterocycles. The van der Waals surface area contributed by atoms with Gasteiger partial charge in [0.25, 0.3) is 0 Å². The third kappa shape index (κ3) is 4.97. The summed E-state index contributed by atoms with van der Waals surface area (Å²) in [7, 11) is 0. The van der Waals surface area contributed by atoms with E-state index < -0.39 is 0 Å². The first-order valence-corrected chi connectivity index (χ1v) is 10.5. The van der Waals surface area contributed by atoms with Gasteiger partial charge in [-0.2, -0.15) is 0 Å². The number of nitrogens with zero attached hydrogens (tertiary/aromatic N) is 1. The van der Waals surface area contributed by atoms with E-state index in [9.17, 15) is 9.59 Å². The summed E-state index contributed by atoms with van der Waals surface area (Å²) in [5, 5.41) is 2.99. The van der Waals surface area contributed by atoms with E-state index in [2.05, 4.69) is 17.4 Å². The highest BCUT2D eigenvalue weighted by Crippen LogP contribution is 2.33. The van der Waals surface area contributed by atoms with Crippen LogP contribution >= 0.6 is 0 Å². The normalized spacial score (nSPS) is 21.9. The first-order chi connectivity index (χ1) is 14.2. The molecule has 2 aromatic carbocycles.